The summed E-state index contributed by atoms with van der Waals surface area (Å²) in [6.07, 6.45) is 3.33. The first-order chi connectivity index (χ1) is 12.9. The van der Waals surface area contributed by atoms with Crippen molar-refractivity contribution in [2.45, 2.75) is 24.3 Å². The molecule has 27 heavy (non-hydrogen) atoms. The van der Waals surface area contributed by atoms with Crippen LogP contribution in [0.4, 0.5) is 11.4 Å². The van der Waals surface area contributed by atoms with Gasteiger partial charge in [-0.1, -0.05) is 17.8 Å². The van der Waals surface area contributed by atoms with Gasteiger partial charge >= 0.3 is 0 Å². The fourth-order valence-electron chi connectivity index (χ4n) is 2.27. The average molecular weight is 384 g/mol. The molecule has 0 saturated carbocycles. The van der Waals surface area contributed by atoms with E-state index >= 15 is 0 Å². The number of aryl methyl sites for hydroxylation is 1. The summed E-state index contributed by atoms with van der Waals surface area (Å²) in [6.45, 7) is 3.36. The number of nitrogens with one attached hydrogen (secondary N) is 2. The summed E-state index contributed by atoms with van der Waals surface area (Å²) >= 11 is 1.18. The fraction of sp³-hybridized carbons (Fsp3) is 0.176. The van der Waals surface area contributed by atoms with Crippen molar-refractivity contribution in [3.05, 3.63) is 58.4 Å². The van der Waals surface area contributed by atoms with Gasteiger partial charge < -0.3 is 5.32 Å². The lowest BCUT2D eigenvalue weighted by atomic mass is 10.2. The molecule has 0 saturated heterocycles. The fourth-order valence-corrected chi connectivity index (χ4v) is 2.99. The first-order valence-corrected chi connectivity index (χ1v) is 8.87. The van der Waals surface area contributed by atoms with Crippen LogP contribution >= 0.6 is 11.8 Å². The topological polar surface area (TPSA) is 127 Å². The third-order valence-electron chi connectivity index (χ3n) is 3.72. The van der Waals surface area contributed by atoms with Gasteiger partial charge in [-0.05, 0) is 32.0 Å². The van der Waals surface area contributed by atoms with E-state index in [-0.39, 0.29) is 11.6 Å². The van der Waals surface area contributed by atoms with Crippen LogP contribution in [0.5, 0.6) is 0 Å². The van der Waals surface area contributed by atoms with Crippen LogP contribution in [-0.4, -0.2) is 36.2 Å². The van der Waals surface area contributed by atoms with Gasteiger partial charge in [0.05, 0.1) is 10.2 Å². The molecule has 2 aromatic heterocycles. The van der Waals surface area contributed by atoms with Crippen LogP contribution in [0.15, 0.2) is 47.9 Å². The molecule has 0 spiro atoms. The van der Waals surface area contributed by atoms with Crippen LogP contribution in [-0.2, 0) is 4.79 Å². The number of carbonyl (C=O) groups excluding carboxylic acids is 1. The van der Waals surface area contributed by atoms with Gasteiger partial charge in [0, 0.05) is 35.3 Å². The van der Waals surface area contributed by atoms with Crippen molar-refractivity contribution in [2.75, 3.05) is 5.32 Å². The molecule has 3 aromatic rings. The number of amides is 1. The van der Waals surface area contributed by atoms with Crippen LogP contribution in [0.25, 0.3) is 11.4 Å². The minimum absolute atomic E-state index is 0.0387. The Balaban J connectivity index is 1.65. The number of nitro groups is 1. The number of benzene rings is 1. The normalized spacial score (nSPS) is 11.8. The second-order valence-electron chi connectivity index (χ2n) is 5.72. The number of pyridine rings is 1. The van der Waals surface area contributed by atoms with Gasteiger partial charge in [0.15, 0.2) is 5.82 Å². The van der Waals surface area contributed by atoms with Crippen molar-refractivity contribution in [2.24, 2.45) is 0 Å². The van der Waals surface area contributed by atoms with Gasteiger partial charge in [-0.3, -0.25) is 25.0 Å². The number of hydrogen-bond donors (Lipinski definition) is 2. The predicted octanol–water partition coefficient (Wildman–Crippen LogP) is 3.20. The maximum Gasteiger partial charge on any atom is 0.274 e. The molecule has 3 rings (SSSR count). The number of aromatic nitrogens is 4. The van der Waals surface area contributed by atoms with E-state index < -0.39 is 10.2 Å². The average Bonchev–Trinajstić information content (AvgIpc) is 3.12. The highest BCUT2D eigenvalue weighted by atomic mass is 32.2. The Morgan fingerprint density at radius 2 is 2.19 bits per heavy atom. The monoisotopic (exact) mass is 384 g/mol. The van der Waals surface area contributed by atoms with E-state index in [4.69, 9.17) is 0 Å². The van der Waals surface area contributed by atoms with E-state index in [1.807, 2.05) is 6.07 Å². The van der Waals surface area contributed by atoms with Crippen molar-refractivity contribution >= 4 is 29.0 Å². The summed E-state index contributed by atoms with van der Waals surface area (Å²) in [5, 5.41) is 20.5. The van der Waals surface area contributed by atoms with Crippen LogP contribution in [0, 0.1) is 17.0 Å². The molecule has 0 aliphatic rings. The second-order valence-corrected chi connectivity index (χ2v) is 7.02. The highest BCUT2D eigenvalue weighted by Crippen LogP contribution is 2.25. The summed E-state index contributed by atoms with van der Waals surface area (Å²) in [5.74, 6) is 0.262. The SMILES string of the molecule is Cc1ccc(NC(=O)[C@H](C)Sc2n[nH]c(-c3cccnc3)n2)cc1[N+](=O)[O-]. The van der Waals surface area contributed by atoms with Gasteiger partial charge in [0.2, 0.25) is 11.1 Å². The van der Waals surface area contributed by atoms with E-state index in [0.717, 1.165) is 5.56 Å². The molecule has 2 heterocycles. The Morgan fingerprint density at radius 3 is 2.89 bits per heavy atom. The number of nitrogens with zero attached hydrogens (tertiary/aromatic N) is 4. The minimum Gasteiger partial charge on any atom is -0.325 e. The van der Waals surface area contributed by atoms with Gasteiger partial charge in [-0.15, -0.1) is 5.10 Å². The first-order valence-electron chi connectivity index (χ1n) is 7.99. The summed E-state index contributed by atoms with van der Waals surface area (Å²) in [4.78, 5) is 31.3. The van der Waals surface area contributed by atoms with E-state index in [2.05, 4.69) is 25.5 Å². The molecule has 0 bridgehead atoms. The zero-order chi connectivity index (χ0) is 19.4. The molecule has 138 valence electrons. The quantitative estimate of drug-likeness (QED) is 0.379. The Kier molecular flexibility index (Phi) is 5.46. The van der Waals surface area contributed by atoms with Crippen molar-refractivity contribution in [1.82, 2.24) is 20.2 Å². The van der Waals surface area contributed by atoms with Crippen molar-refractivity contribution in [1.29, 1.82) is 0 Å². The lowest BCUT2D eigenvalue weighted by molar-refractivity contribution is -0.385. The Bertz CT molecular complexity index is 976. The van der Waals surface area contributed by atoms with E-state index in [1.54, 1.807) is 44.4 Å². The van der Waals surface area contributed by atoms with Gasteiger partial charge in [0.25, 0.3) is 5.69 Å². The smallest absolute Gasteiger partial charge is 0.274 e. The predicted molar refractivity (Wildman–Crippen MR) is 101 cm³/mol. The van der Waals surface area contributed by atoms with E-state index in [9.17, 15) is 14.9 Å². The van der Waals surface area contributed by atoms with E-state index in [0.29, 0.717) is 22.2 Å². The zero-order valence-corrected chi connectivity index (χ0v) is 15.4. The Labute approximate surface area is 158 Å². The molecule has 2 N–H and O–H groups in total. The molecule has 1 atom stereocenters. The van der Waals surface area contributed by atoms with Gasteiger partial charge in [-0.25, -0.2) is 4.98 Å². The molecule has 10 heteroatoms. The number of rotatable bonds is 6. The minimum atomic E-state index is -0.497. The lowest BCUT2D eigenvalue weighted by Crippen LogP contribution is -2.22. The van der Waals surface area contributed by atoms with Crippen molar-refractivity contribution < 1.29 is 9.72 Å². The molecule has 0 unspecified atom stereocenters. The highest BCUT2D eigenvalue weighted by molar-refractivity contribution is 8.00. The third kappa shape index (κ3) is 4.47. The van der Waals surface area contributed by atoms with Crippen LogP contribution in [0.1, 0.15) is 12.5 Å². The number of carbonyl (C=O) groups is 1. The van der Waals surface area contributed by atoms with Gasteiger partial charge in [-0.2, -0.15) is 0 Å². The number of H-pyrrole nitrogens is 1. The van der Waals surface area contributed by atoms with E-state index in [1.165, 1.54) is 17.8 Å². The molecule has 0 radical (unpaired) electrons. The number of thioether (sulfide) groups is 1. The van der Waals surface area contributed by atoms with Gasteiger partial charge in [0.1, 0.15) is 0 Å². The summed E-state index contributed by atoms with van der Waals surface area (Å²) < 4.78 is 0. The zero-order valence-electron chi connectivity index (χ0n) is 14.5. The Morgan fingerprint density at radius 1 is 1.37 bits per heavy atom. The maximum atomic E-state index is 12.4. The second kappa shape index (κ2) is 7.96. The summed E-state index contributed by atoms with van der Waals surface area (Å²) in [7, 11) is 0. The number of anilines is 1. The molecule has 0 fully saturated rings. The molecule has 1 amide bonds. The molecule has 0 aliphatic heterocycles. The summed E-state index contributed by atoms with van der Waals surface area (Å²) in [5.41, 5.74) is 1.66. The first kappa shape index (κ1) is 18.5. The highest BCUT2D eigenvalue weighted by Gasteiger charge is 2.19. The largest absolute Gasteiger partial charge is 0.325 e. The molecule has 0 aliphatic carbocycles. The lowest BCUT2D eigenvalue weighted by Gasteiger charge is -2.10. The molecular formula is C17H16N6O3S. The van der Waals surface area contributed by atoms with Crippen LogP contribution in [0.3, 0.4) is 0 Å². The number of aromatic amines is 1. The standard InChI is InChI=1S/C17H16N6O3S/c1-10-5-6-13(8-14(10)23(25)26)19-16(24)11(2)27-17-20-15(21-22-17)12-4-3-7-18-9-12/h3-9,11H,1-2H3,(H,19,24)(H,20,21,22)/t11-/m0/s1. The Hall–Kier alpha value is -3.27. The van der Waals surface area contributed by atoms with Crippen LogP contribution < -0.4 is 5.32 Å². The van der Waals surface area contributed by atoms with Crippen LogP contribution in [0.2, 0.25) is 0 Å². The molecule has 1 aromatic carbocycles. The maximum absolute atomic E-state index is 12.4. The number of nitro benzene ring substituents is 1. The molecule has 9 nitrogen and oxygen atoms in total. The third-order valence-corrected chi connectivity index (χ3v) is 4.69. The number of hydrogen-bond acceptors (Lipinski definition) is 7. The summed E-state index contributed by atoms with van der Waals surface area (Å²) in [6, 6.07) is 8.22. The van der Waals surface area contributed by atoms with Crippen molar-refractivity contribution in [3.8, 4) is 11.4 Å². The van der Waals surface area contributed by atoms with Crippen molar-refractivity contribution in [3.63, 3.8) is 0 Å². The molecular weight excluding hydrogens is 368 g/mol.